The highest BCUT2D eigenvalue weighted by Crippen LogP contribution is 2.27. The van der Waals surface area contributed by atoms with Crippen molar-refractivity contribution in [1.29, 1.82) is 0 Å². The Labute approximate surface area is 166 Å². The van der Waals surface area contributed by atoms with Crippen molar-refractivity contribution < 1.29 is 9.18 Å². The summed E-state index contributed by atoms with van der Waals surface area (Å²) in [5.74, 6) is -0.0346. The van der Waals surface area contributed by atoms with Crippen LogP contribution in [-0.2, 0) is 0 Å². The van der Waals surface area contributed by atoms with Gasteiger partial charge in [-0.2, -0.15) is 5.10 Å². The van der Waals surface area contributed by atoms with Crippen molar-refractivity contribution in [3.63, 3.8) is 0 Å². The highest BCUT2D eigenvalue weighted by atomic mass is 19.1. The van der Waals surface area contributed by atoms with Gasteiger partial charge in [0.1, 0.15) is 5.82 Å². The Kier molecular flexibility index (Phi) is 4.27. The molecular formula is C22H18FN5O. The Morgan fingerprint density at radius 2 is 1.97 bits per heavy atom. The smallest absolute Gasteiger partial charge is 0.256 e. The maximum absolute atomic E-state index is 14.0. The van der Waals surface area contributed by atoms with Crippen LogP contribution in [0.15, 0.2) is 67.1 Å². The van der Waals surface area contributed by atoms with E-state index < -0.39 is 5.82 Å². The van der Waals surface area contributed by atoms with Crippen molar-refractivity contribution in [2.45, 2.75) is 12.3 Å². The zero-order chi connectivity index (χ0) is 19.8. The van der Waals surface area contributed by atoms with Gasteiger partial charge in [0.25, 0.3) is 5.91 Å². The number of pyridine rings is 2. The normalized spacial score (nSPS) is 16.4. The molecule has 4 aromatic rings. The van der Waals surface area contributed by atoms with E-state index >= 15 is 0 Å². The Morgan fingerprint density at radius 3 is 2.79 bits per heavy atom. The van der Waals surface area contributed by atoms with Crippen LogP contribution < -0.4 is 0 Å². The maximum Gasteiger partial charge on any atom is 0.256 e. The van der Waals surface area contributed by atoms with Crippen LogP contribution in [0, 0.1) is 5.82 Å². The molecular weight excluding hydrogens is 369 g/mol. The van der Waals surface area contributed by atoms with Crippen molar-refractivity contribution in [2.24, 2.45) is 0 Å². The molecule has 5 rings (SSSR count). The molecule has 1 aromatic carbocycles. The number of nitrogens with zero attached hydrogens (tertiary/aromatic N) is 5. The number of amides is 1. The summed E-state index contributed by atoms with van der Waals surface area (Å²) < 4.78 is 15.7. The number of likely N-dealkylation sites (tertiary alicyclic amines) is 1. The number of halogens is 1. The molecule has 0 N–H and O–H groups in total. The Bertz CT molecular complexity index is 1190. The third-order valence-corrected chi connectivity index (χ3v) is 5.29. The predicted octanol–water partition coefficient (Wildman–Crippen LogP) is 3.56. The lowest BCUT2D eigenvalue weighted by atomic mass is 10.1. The minimum Gasteiger partial charge on any atom is -0.338 e. The van der Waals surface area contributed by atoms with Crippen LogP contribution in [0.3, 0.4) is 0 Å². The van der Waals surface area contributed by atoms with Crippen molar-refractivity contribution >= 4 is 11.6 Å². The number of carbonyl (C=O) groups is 1. The molecule has 4 heterocycles. The lowest BCUT2D eigenvalue weighted by Gasteiger charge is -2.16. The third kappa shape index (κ3) is 3.24. The van der Waals surface area contributed by atoms with Crippen molar-refractivity contribution in [1.82, 2.24) is 24.5 Å². The van der Waals surface area contributed by atoms with Gasteiger partial charge < -0.3 is 4.90 Å². The number of hydrogen-bond acceptors (Lipinski definition) is 4. The molecule has 1 saturated heterocycles. The first-order valence-electron chi connectivity index (χ1n) is 9.49. The second-order valence-electron chi connectivity index (χ2n) is 7.15. The molecule has 29 heavy (non-hydrogen) atoms. The van der Waals surface area contributed by atoms with Crippen LogP contribution in [0.25, 0.3) is 16.8 Å². The van der Waals surface area contributed by atoms with Gasteiger partial charge in [0, 0.05) is 48.7 Å². The molecule has 0 aliphatic carbocycles. The molecule has 0 unspecified atom stereocenters. The van der Waals surface area contributed by atoms with E-state index in [-0.39, 0.29) is 17.4 Å². The first-order valence-corrected chi connectivity index (χ1v) is 9.49. The number of aromatic nitrogens is 4. The quantitative estimate of drug-likeness (QED) is 0.539. The van der Waals surface area contributed by atoms with E-state index in [1.165, 1.54) is 12.1 Å². The molecule has 1 atom stereocenters. The first-order chi connectivity index (χ1) is 14.2. The fourth-order valence-corrected chi connectivity index (χ4v) is 3.74. The summed E-state index contributed by atoms with van der Waals surface area (Å²) in [5.41, 5.74) is 2.88. The number of fused-ring (bicyclic) bond motifs is 1. The molecule has 1 aliphatic heterocycles. The zero-order valence-corrected chi connectivity index (χ0v) is 15.6. The summed E-state index contributed by atoms with van der Waals surface area (Å²) in [7, 11) is 0. The average Bonchev–Trinajstić information content (AvgIpc) is 3.41. The lowest BCUT2D eigenvalue weighted by molar-refractivity contribution is 0.0786. The highest BCUT2D eigenvalue weighted by Gasteiger charge is 2.31. The average molecular weight is 387 g/mol. The zero-order valence-electron chi connectivity index (χ0n) is 15.6. The van der Waals surface area contributed by atoms with E-state index in [9.17, 15) is 9.18 Å². The summed E-state index contributed by atoms with van der Waals surface area (Å²) in [6, 6.07) is 13.9. The van der Waals surface area contributed by atoms with Gasteiger partial charge in [-0.15, -0.1) is 0 Å². The van der Waals surface area contributed by atoms with E-state index in [2.05, 4.69) is 15.1 Å². The van der Waals surface area contributed by atoms with Crippen LogP contribution >= 0.6 is 0 Å². The van der Waals surface area contributed by atoms with Gasteiger partial charge in [-0.1, -0.05) is 18.2 Å². The van der Waals surface area contributed by atoms with Gasteiger partial charge >= 0.3 is 0 Å². The molecule has 0 saturated carbocycles. The van der Waals surface area contributed by atoms with Gasteiger partial charge in [-0.3, -0.25) is 9.78 Å². The molecule has 0 radical (unpaired) electrons. The molecule has 1 fully saturated rings. The van der Waals surface area contributed by atoms with Gasteiger partial charge in [-0.05, 0) is 36.8 Å². The fourth-order valence-electron chi connectivity index (χ4n) is 3.74. The standard InChI is InChI=1S/C22H18FN5O/c23-19-6-2-1-5-18(19)22(29)27-11-9-17(13-27)21-25-20-8-7-16(14-28(20)26-21)15-4-3-10-24-12-15/h1-8,10,12,14,17H,9,11,13H2/t17-/m1/s1. The van der Waals surface area contributed by atoms with Crippen molar-refractivity contribution in [3.05, 3.63) is 84.3 Å². The van der Waals surface area contributed by atoms with Gasteiger partial charge in [0.2, 0.25) is 0 Å². The minimum absolute atomic E-state index is 0.0347. The molecule has 0 spiro atoms. The second-order valence-corrected chi connectivity index (χ2v) is 7.15. The van der Waals surface area contributed by atoms with Crippen molar-refractivity contribution in [3.8, 4) is 11.1 Å². The van der Waals surface area contributed by atoms with Crippen LogP contribution in [0.5, 0.6) is 0 Å². The number of benzene rings is 1. The SMILES string of the molecule is O=C(c1ccccc1F)N1CC[C@@H](c2nc3ccc(-c4cccnc4)cn3n2)C1. The van der Waals surface area contributed by atoms with Crippen LogP contribution in [-0.4, -0.2) is 43.5 Å². The summed E-state index contributed by atoms with van der Waals surface area (Å²) in [5, 5.41) is 4.64. The van der Waals surface area contributed by atoms with Crippen LogP contribution in [0.2, 0.25) is 0 Å². The molecule has 1 aliphatic rings. The Hall–Kier alpha value is -3.61. The number of hydrogen-bond donors (Lipinski definition) is 0. The number of carbonyl (C=O) groups excluding carboxylic acids is 1. The van der Waals surface area contributed by atoms with Crippen LogP contribution in [0.1, 0.15) is 28.5 Å². The fraction of sp³-hybridized carbons (Fsp3) is 0.182. The van der Waals surface area contributed by atoms with E-state index in [0.29, 0.717) is 18.9 Å². The lowest BCUT2D eigenvalue weighted by Crippen LogP contribution is -2.29. The first kappa shape index (κ1) is 17.5. The Balaban J connectivity index is 1.38. The third-order valence-electron chi connectivity index (χ3n) is 5.29. The monoisotopic (exact) mass is 387 g/mol. The van der Waals surface area contributed by atoms with E-state index in [4.69, 9.17) is 0 Å². The van der Waals surface area contributed by atoms with E-state index in [1.54, 1.807) is 27.7 Å². The van der Waals surface area contributed by atoms with Crippen LogP contribution in [0.4, 0.5) is 4.39 Å². The highest BCUT2D eigenvalue weighted by molar-refractivity contribution is 5.94. The van der Waals surface area contributed by atoms with E-state index in [1.807, 2.05) is 36.7 Å². The maximum atomic E-state index is 14.0. The molecule has 6 nitrogen and oxygen atoms in total. The predicted molar refractivity (Wildman–Crippen MR) is 106 cm³/mol. The topological polar surface area (TPSA) is 63.4 Å². The second kappa shape index (κ2) is 7.09. The molecule has 7 heteroatoms. The summed E-state index contributed by atoms with van der Waals surface area (Å²) in [6.45, 7) is 1.05. The largest absolute Gasteiger partial charge is 0.338 e. The van der Waals surface area contributed by atoms with Gasteiger partial charge in [0.15, 0.2) is 11.5 Å². The minimum atomic E-state index is -0.491. The number of rotatable bonds is 3. The molecule has 3 aromatic heterocycles. The summed E-state index contributed by atoms with van der Waals surface area (Å²) in [6.07, 6.45) is 6.23. The summed E-state index contributed by atoms with van der Waals surface area (Å²) >= 11 is 0. The molecule has 144 valence electrons. The van der Waals surface area contributed by atoms with E-state index in [0.717, 1.165) is 23.2 Å². The summed E-state index contributed by atoms with van der Waals surface area (Å²) in [4.78, 5) is 23.1. The molecule has 0 bridgehead atoms. The molecule has 1 amide bonds. The van der Waals surface area contributed by atoms with Crippen molar-refractivity contribution in [2.75, 3.05) is 13.1 Å². The van der Waals surface area contributed by atoms with Gasteiger partial charge in [0.05, 0.1) is 5.56 Å². The Morgan fingerprint density at radius 1 is 1.07 bits per heavy atom. The van der Waals surface area contributed by atoms with Gasteiger partial charge in [-0.25, -0.2) is 13.9 Å².